The van der Waals surface area contributed by atoms with Gasteiger partial charge in [-0.1, -0.05) is 13.8 Å². The molecule has 0 saturated carbocycles. The topological polar surface area (TPSA) is 50.4 Å². The highest BCUT2D eigenvalue weighted by Gasteiger charge is 1.95. The van der Waals surface area contributed by atoms with E-state index in [1.807, 2.05) is 5.38 Å². The van der Waals surface area contributed by atoms with E-state index in [1.54, 1.807) is 11.3 Å². The van der Waals surface area contributed by atoms with E-state index in [9.17, 15) is 0 Å². The molecule has 15 heavy (non-hydrogen) atoms. The van der Waals surface area contributed by atoms with Gasteiger partial charge in [0.1, 0.15) is 0 Å². The number of rotatable bonds is 4. The Balaban J connectivity index is 0.00000196. The zero-order chi connectivity index (χ0) is 10.4. The Bertz CT molecular complexity index is 283. The Kier molecular flexibility index (Phi) is 7.76. The minimum Gasteiger partial charge on any atom is -0.370 e. The summed E-state index contributed by atoms with van der Waals surface area (Å²) in [4.78, 5) is 4.23. The van der Waals surface area contributed by atoms with Gasteiger partial charge < -0.3 is 11.1 Å². The van der Waals surface area contributed by atoms with Crippen LogP contribution in [0, 0.1) is 5.92 Å². The lowest BCUT2D eigenvalue weighted by molar-refractivity contribution is 0.622. The molecule has 0 unspecified atom stereocenters. The first-order valence-electron chi connectivity index (χ1n) is 4.73. The molecule has 0 fully saturated rings. The van der Waals surface area contributed by atoms with Crippen molar-refractivity contribution in [2.75, 3.05) is 6.54 Å². The minimum absolute atomic E-state index is 0. The van der Waals surface area contributed by atoms with Crippen LogP contribution >= 0.6 is 35.3 Å². The standard InChI is InChI=1S/C10H17N3S.HI/c1-8(2)5-12-10(11)13-6-9-3-4-14-7-9;/h3-4,7-8H,5-6H2,1-2H3,(H3,11,12,13);1H. The number of nitrogens with two attached hydrogens (primary N) is 1. The molecule has 3 nitrogen and oxygen atoms in total. The Hall–Kier alpha value is -0.300. The Morgan fingerprint density at radius 3 is 2.87 bits per heavy atom. The van der Waals surface area contributed by atoms with Crippen LogP contribution in [0.1, 0.15) is 19.4 Å². The summed E-state index contributed by atoms with van der Waals surface area (Å²) >= 11 is 1.68. The van der Waals surface area contributed by atoms with Gasteiger partial charge in [-0.15, -0.1) is 24.0 Å². The predicted molar refractivity (Wildman–Crippen MR) is 77.9 cm³/mol. The third-order valence-electron chi connectivity index (χ3n) is 1.70. The van der Waals surface area contributed by atoms with Crippen molar-refractivity contribution in [2.45, 2.75) is 20.4 Å². The first-order chi connectivity index (χ1) is 6.68. The largest absolute Gasteiger partial charge is 0.370 e. The molecular formula is C10H18IN3S. The van der Waals surface area contributed by atoms with Crippen LogP contribution in [0.5, 0.6) is 0 Å². The zero-order valence-electron chi connectivity index (χ0n) is 9.06. The van der Waals surface area contributed by atoms with Gasteiger partial charge in [0.25, 0.3) is 0 Å². The van der Waals surface area contributed by atoms with Gasteiger partial charge >= 0.3 is 0 Å². The van der Waals surface area contributed by atoms with Gasteiger partial charge in [-0.2, -0.15) is 11.3 Å². The average molecular weight is 339 g/mol. The van der Waals surface area contributed by atoms with Crippen molar-refractivity contribution >= 4 is 41.3 Å². The second-order valence-corrected chi connectivity index (χ2v) is 4.39. The quantitative estimate of drug-likeness (QED) is 0.503. The number of hydrogen-bond acceptors (Lipinski definition) is 2. The van der Waals surface area contributed by atoms with E-state index in [2.05, 4.69) is 35.6 Å². The van der Waals surface area contributed by atoms with Gasteiger partial charge in [0.2, 0.25) is 0 Å². The summed E-state index contributed by atoms with van der Waals surface area (Å²) in [7, 11) is 0. The highest BCUT2D eigenvalue weighted by atomic mass is 127. The molecule has 1 rings (SSSR count). The lowest BCUT2D eigenvalue weighted by atomic mass is 10.2. The van der Waals surface area contributed by atoms with E-state index in [0.717, 1.165) is 6.54 Å². The summed E-state index contributed by atoms with van der Waals surface area (Å²) in [5.74, 6) is 1.12. The summed E-state index contributed by atoms with van der Waals surface area (Å²) in [6, 6.07) is 2.06. The third-order valence-corrected chi connectivity index (χ3v) is 2.44. The number of aliphatic imine (C=N–C) groups is 1. The van der Waals surface area contributed by atoms with Crippen LogP contribution in [-0.2, 0) is 6.54 Å². The molecule has 0 amide bonds. The van der Waals surface area contributed by atoms with Crippen LogP contribution in [0.3, 0.4) is 0 Å². The smallest absolute Gasteiger partial charge is 0.188 e. The summed E-state index contributed by atoms with van der Waals surface area (Å²) in [5, 5.41) is 7.20. The van der Waals surface area contributed by atoms with E-state index in [-0.39, 0.29) is 24.0 Å². The highest BCUT2D eigenvalue weighted by Crippen LogP contribution is 2.06. The molecule has 3 N–H and O–H groups in total. The fraction of sp³-hybridized carbons (Fsp3) is 0.500. The van der Waals surface area contributed by atoms with Crippen molar-refractivity contribution in [3.63, 3.8) is 0 Å². The lowest BCUT2D eigenvalue weighted by Crippen LogP contribution is -2.34. The van der Waals surface area contributed by atoms with Crippen molar-refractivity contribution in [1.82, 2.24) is 5.32 Å². The average Bonchev–Trinajstić information content (AvgIpc) is 2.63. The maximum absolute atomic E-state index is 5.68. The van der Waals surface area contributed by atoms with Crippen LogP contribution in [0.25, 0.3) is 0 Å². The molecule has 0 aliphatic rings. The fourth-order valence-electron chi connectivity index (χ4n) is 0.924. The molecular weight excluding hydrogens is 321 g/mol. The maximum atomic E-state index is 5.68. The second-order valence-electron chi connectivity index (χ2n) is 3.61. The molecule has 0 aliphatic carbocycles. The number of nitrogens with zero attached hydrogens (tertiary/aromatic N) is 1. The molecule has 1 aromatic rings. The van der Waals surface area contributed by atoms with Gasteiger partial charge in [-0.3, -0.25) is 0 Å². The van der Waals surface area contributed by atoms with E-state index in [1.165, 1.54) is 5.56 Å². The zero-order valence-corrected chi connectivity index (χ0v) is 12.2. The summed E-state index contributed by atoms with van der Waals surface area (Å²) in [5.41, 5.74) is 6.89. The summed E-state index contributed by atoms with van der Waals surface area (Å²) in [6.07, 6.45) is 0. The molecule has 0 aromatic carbocycles. The predicted octanol–water partition coefficient (Wildman–Crippen LogP) is 2.43. The minimum atomic E-state index is 0. The molecule has 0 radical (unpaired) electrons. The van der Waals surface area contributed by atoms with Crippen LogP contribution in [-0.4, -0.2) is 12.5 Å². The van der Waals surface area contributed by atoms with Crippen LogP contribution in [0.2, 0.25) is 0 Å². The Morgan fingerprint density at radius 2 is 2.33 bits per heavy atom. The van der Waals surface area contributed by atoms with E-state index < -0.39 is 0 Å². The van der Waals surface area contributed by atoms with Crippen molar-refractivity contribution in [1.29, 1.82) is 0 Å². The fourth-order valence-corrected chi connectivity index (χ4v) is 1.58. The van der Waals surface area contributed by atoms with E-state index >= 15 is 0 Å². The van der Waals surface area contributed by atoms with Crippen molar-refractivity contribution < 1.29 is 0 Å². The number of thiophene rings is 1. The first-order valence-corrected chi connectivity index (χ1v) is 5.67. The third kappa shape index (κ3) is 6.72. The van der Waals surface area contributed by atoms with Gasteiger partial charge in [0.05, 0.1) is 6.54 Å². The second kappa shape index (κ2) is 7.92. The van der Waals surface area contributed by atoms with Crippen LogP contribution in [0.4, 0.5) is 0 Å². The van der Waals surface area contributed by atoms with Crippen LogP contribution < -0.4 is 11.1 Å². The van der Waals surface area contributed by atoms with Gasteiger partial charge in [-0.25, -0.2) is 4.99 Å². The molecule has 0 saturated heterocycles. The van der Waals surface area contributed by atoms with E-state index in [4.69, 9.17) is 5.73 Å². The first kappa shape index (κ1) is 14.7. The van der Waals surface area contributed by atoms with Gasteiger partial charge in [-0.05, 0) is 28.3 Å². The SMILES string of the molecule is CC(C)CNC(N)=NCc1ccsc1.I. The van der Waals surface area contributed by atoms with Crippen molar-refractivity contribution in [2.24, 2.45) is 16.6 Å². The van der Waals surface area contributed by atoms with E-state index in [0.29, 0.717) is 18.4 Å². The monoisotopic (exact) mass is 339 g/mol. The highest BCUT2D eigenvalue weighted by molar-refractivity contribution is 14.0. The maximum Gasteiger partial charge on any atom is 0.188 e. The molecule has 1 heterocycles. The normalized spacial score (nSPS) is 11.3. The molecule has 0 aliphatic heterocycles. The van der Waals surface area contributed by atoms with Gasteiger partial charge in [0.15, 0.2) is 5.96 Å². The van der Waals surface area contributed by atoms with Gasteiger partial charge in [0, 0.05) is 6.54 Å². The molecule has 5 heteroatoms. The molecule has 0 spiro atoms. The summed E-state index contributed by atoms with van der Waals surface area (Å²) in [6.45, 7) is 5.82. The lowest BCUT2D eigenvalue weighted by Gasteiger charge is -2.07. The molecule has 0 bridgehead atoms. The Labute approximate surface area is 112 Å². The molecule has 1 aromatic heterocycles. The molecule has 86 valence electrons. The summed E-state index contributed by atoms with van der Waals surface area (Å²) < 4.78 is 0. The number of hydrogen-bond donors (Lipinski definition) is 2. The van der Waals surface area contributed by atoms with Crippen LogP contribution in [0.15, 0.2) is 21.8 Å². The number of nitrogens with one attached hydrogen (secondary N) is 1. The number of halogens is 1. The van der Waals surface area contributed by atoms with Crippen molar-refractivity contribution in [3.8, 4) is 0 Å². The van der Waals surface area contributed by atoms with Crippen molar-refractivity contribution in [3.05, 3.63) is 22.4 Å². The molecule has 0 atom stereocenters. The Morgan fingerprint density at radius 1 is 1.60 bits per heavy atom. The number of guanidine groups is 1.